The molecule has 0 amide bonds. The number of hydrogen-bond donors (Lipinski definition) is 2. The predicted octanol–water partition coefficient (Wildman–Crippen LogP) is 0.365. The van der Waals surface area contributed by atoms with Crippen LogP contribution in [0.4, 0.5) is 11.5 Å². The van der Waals surface area contributed by atoms with Crippen LogP contribution in [0.1, 0.15) is 26.7 Å². The van der Waals surface area contributed by atoms with Gasteiger partial charge in [0.2, 0.25) is 0 Å². The van der Waals surface area contributed by atoms with Crippen molar-refractivity contribution in [1.29, 1.82) is 0 Å². The number of nitrogen functional groups attached to an aromatic ring is 1. The Balaban J connectivity index is 3.29. The third-order valence-electron chi connectivity index (χ3n) is 2.85. The van der Waals surface area contributed by atoms with Crippen LogP contribution in [0.3, 0.4) is 0 Å². The van der Waals surface area contributed by atoms with Crippen molar-refractivity contribution in [1.82, 2.24) is 9.13 Å². The summed E-state index contributed by atoms with van der Waals surface area (Å²) in [7, 11) is 1.45. The molecule has 1 heterocycles. The molecule has 0 fully saturated rings. The van der Waals surface area contributed by atoms with E-state index >= 15 is 0 Å². The van der Waals surface area contributed by atoms with Crippen LogP contribution in [-0.4, -0.2) is 15.7 Å². The number of aromatic nitrogens is 2. The Morgan fingerprint density at radius 1 is 1.37 bits per heavy atom. The monoisotopic (exact) mass is 264 g/mol. The average molecular weight is 264 g/mol. The molecule has 0 aromatic carbocycles. The van der Waals surface area contributed by atoms with Crippen LogP contribution >= 0.6 is 0 Å². The SMILES string of the molecule is CC#CCNc1c(N)n(CCCC)c(=O)n(C)c1=O. The van der Waals surface area contributed by atoms with Crippen molar-refractivity contribution in [3.05, 3.63) is 20.8 Å². The molecule has 1 rings (SSSR count). The number of hydrogen-bond acceptors (Lipinski definition) is 4. The molecule has 0 aliphatic rings. The second-order valence-corrected chi connectivity index (χ2v) is 4.19. The van der Waals surface area contributed by atoms with Gasteiger partial charge in [0, 0.05) is 13.6 Å². The fraction of sp³-hybridized carbons (Fsp3) is 0.538. The maximum atomic E-state index is 12.0. The lowest BCUT2D eigenvalue weighted by molar-refractivity contribution is 0.576. The van der Waals surface area contributed by atoms with Crippen LogP contribution in [0.15, 0.2) is 9.59 Å². The highest BCUT2D eigenvalue weighted by Gasteiger charge is 2.14. The van der Waals surface area contributed by atoms with E-state index in [1.807, 2.05) is 6.92 Å². The Hall–Kier alpha value is -2.16. The zero-order chi connectivity index (χ0) is 14.4. The third kappa shape index (κ3) is 3.19. The molecule has 0 atom stereocenters. The normalized spacial score (nSPS) is 9.84. The molecule has 0 aliphatic carbocycles. The van der Waals surface area contributed by atoms with Crippen LogP contribution in [-0.2, 0) is 13.6 Å². The first-order chi connectivity index (χ1) is 9.04. The summed E-state index contributed by atoms with van der Waals surface area (Å²) in [6.45, 7) is 4.57. The lowest BCUT2D eigenvalue weighted by Gasteiger charge is -2.14. The molecule has 0 aliphatic heterocycles. The number of nitrogens with one attached hydrogen (secondary N) is 1. The molecule has 6 heteroatoms. The van der Waals surface area contributed by atoms with E-state index in [1.165, 1.54) is 11.6 Å². The molecule has 19 heavy (non-hydrogen) atoms. The van der Waals surface area contributed by atoms with E-state index in [0.29, 0.717) is 13.1 Å². The van der Waals surface area contributed by atoms with Gasteiger partial charge in [-0.3, -0.25) is 13.9 Å². The zero-order valence-electron chi connectivity index (χ0n) is 11.6. The fourth-order valence-electron chi connectivity index (χ4n) is 1.70. The summed E-state index contributed by atoms with van der Waals surface area (Å²) in [5, 5.41) is 2.88. The van der Waals surface area contributed by atoms with E-state index in [2.05, 4.69) is 17.2 Å². The van der Waals surface area contributed by atoms with Gasteiger partial charge in [0.25, 0.3) is 5.56 Å². The van der Waals surface area contributed by atoms with Crippen molar-refractivity contribution in [2.45, 2.75) is 33.2 Å². The largest absolute Gasteiger partial charge is 0.383 e. The van der Waals surface area contributed by atoms with Gasteiger partial charge < -0.3 is 11.1 Å². The Morgan fingerprint density at radius 3 is 2.63 bits per heavy atom. The van der Waals surface area contributed by atoms with E-state index in [1.54, 1.807) is 6.92 Å². The summed E-state index contributed by atoms with van der Waals surface area (Å²) >= 11 is 0. The van der Waals surface area contributed by atoms with E-state index in [0.717, 1.165) is 17.4 Å². The summed E-state index contributed by atoms with van der Waals surface area (Å²) < 4.78 is 2.49. The minimum absolute atomic E-state index is 0.180. The van der Waals surface area contributed by atoms with Gasteiger partial charge in [-0.25, -0.2) is 4.79 Å². The van der Waals surface area contributed by atoms with Crippen molar-refractivity contribution in [2.75, 3.05) is 17.6 Å². The average Bonchev–Trinajstić information content (AvgIpc) is 2.40. The summed E-state index contributed by atoms with van der Waals surface area (Å²) in [6.07, 6.45) is 1.77. The molecule has 0 saturated heterocycles. The zero-order valence-corrected chi connectivity index (χ0v) is 11.6. The Kier molecular flexibility index (Phi) is 5.24. The minimum Gasteiger partial charge on any atom is -0.383 e. The number of anilines is 2. The summed E-state index contributed by atoms with van der Waals surface area (Å²) in [5.74, 6) is 5.70. The van der Waals surface area contributed by atoms with Gasteiger partial charge in [0.1, 0.15) is 11.5 Å². The second-order valence-electron chi connectivity index (χ2n) is 4.19. The number of nitrogens with two attached hydrogens (primary N) is 1. The molecule has 0 radical (unpaired) electrons. The molecule has 0 saturated carbocycles. The molecular formula is C13H20N4O2. The lowest BCUT2D eigenvalue weighted by atomic mass is 10.3. The first-order valence-corrected chi connectivity index (χ1v) is 6.27. The van der Waals surface area contributed by atoms with E-state index in [4.69, 9.17) is 5.73 Å². The Bertz CT molecular complexity index is 616. The van der Waals surface area contributed by atoms with Gasteiger partial charge in [-0.2, -0.15) is 0 Å². The van der Waals surface area contributed by atoms with Crippen LogP contribution in [0.25, 0.3) is 0 Å². The van der Waals surface area contributed by atoms with Gasteiger partial charge >= 0.3 is 5.69 Å². The molecule has 1 aromatic rings. The summed E-state index contributed by atoms with van der Waals surface area (Å²) in [4.78, 5) is 24.0. The summed E-state index contributed by atoms with van der Waals surface area (Å²) in [6, 6.07) is 0. The van der Waals surface area contributed by atoms with Crippen LogP contribution in [0.2, 0.25) is 0 Å². The standard InChI is InChI=1S/C13H20N4O2/c1-4-6-8-15-10-11(14)17(9-7-5-2)13(19)16(3)12(10)18/h15H,5,7-9,14H2,1-3H3. The fourth-order valence-corrected chi connectivity index (χ4v) is 1.70. The maximum Gasteiger partial charge on any atom is 0.332 e. The van der Waals surface area contributed by atoms with Crippen molar-refractivity contribution in [3.63, 3.8) is 0 Å². The minimum atomic E-state index is -0.423. The predicted molar refractivity (Wildman–Crippen MR) is 77.2 cm³/mol. The lowest BCUT2D eigenvalue weighted by Crippen LogP contribution is -2.40. The smallest absolute Gasteiger partial charge is 0.332 e. The number of rotatable bonds is 5. The van der Waals surface area contributed by atoms with Crippen molar-refractivity contribution < 1.29 is 0 Å². The van der Waals surface area contributed by atoms with Crippen LogP contribution in [0, 0.1) is 11.8 Å². The highest BCUT2D eigenvalue weighted by Crippen LogP contribution is 2.10. The van der Waals surface area contributed by atoms with Crippen LogP contribution in [0.5, 0.6) is 0 Å². The molecule has 3 N–H and O–H groups in total. The number of unbranched alkanes of at least 4 members (excludes halogenated alkanes) is 1. The molecular weight excluding hydrogens is 244 g/mol. The first-order valence-electron chi connectivity index (χ1n) is 6.27. The van der Waals surface area contributed by atoms with Gasteiger partial charge in [0.15, 0.2) is 0 Å². The topological polar surface area (TPSA) is 82.0 Å². The van der Waals surface area contributed by atoms with E-state index in [9.17, 15) is 9.59 Å². The van der Waals surface area contributed by atoms with Gasteiger partial charge in [0.05, 0.1) is 6.54 Å². The molecule has 0 spiro atoms. The molecule has 0 unspecified atom stereocenters. The highest BCUT2D eigenvalue weighted by atomic mass is 16.2. The van der Waals surface area contributed by atoms with Crippen LogP contribution < -0.4 is 22.3 Å². The highest BCUT2D eigenvalue weighted by molar-refractivity contribution is 5.61. The van der Waals surface area contributed by atoms with Gasteiger partial charge in [-0.15, -0.1) is 5.92 Å². The van der Waals surface area contributed by atoms with Crippen molar-refractivity contribution in [2.24, 2.45) is 7.05 Å². The Morgan fingerprint density at radius 2 is 2.05 bits per heavy atom. The first kappa shape index (κ1) is 14.9. The molecule has 0 bridgehead atoms. The second kappa shape index (κ2) is 6.69. The quantitative estimate of drug-likeness (QED) is 0.753. The van der Waals surface area contributed by atoms with E-state index < -0.39 is 5.56 Å². The van der Waals surface area contributed by atoms with E-state index in [-0.39, 0.29) is 17.2 Å². The molecule has 6 nitrogen and oxygen atoms in total. The molecule has 104 valence electrons. The van der Waals surface area contributed by atoms with Gasteiger partial charge in [-0.1, -0.05) is 19.3 Å². The Labute approximate surface area is 112 Å². The summed E-state index contributed by atoms with van der Waals surface area (Å²) in [5.41, 5.74) is 5.34. The van der Waals surface area contributed by atoms with Gasteiger partial charge in [-0.05, 0) is 13.3 Å². The maximum absolute atomic E-state index is 12.0. The number of nitrogens with zero attached hydrogens (tertiary/aromatic N) is 2. The molecule has 1 aromatic heterocycles. The van der Waals surface area contributed by atoms with Crippen molar-refractivity contribution in [3.8, 4) is 11.8 Å². The van der Waals surface area contributed by atoms with Crippen molar-refractivity contribution >= 4 is 11.5 Å². The third-order valence-corrected chi connectivity index (χ3v) is 2.85.